The fraction of sp³-hybridized carbons (Fsp3) is 0.471. The molecule has 21 heavy (non-hydrogen) atoms. The third-order valence-electron chi connectivity index (χ3n) is 4.16. The fourth-order valence-electron chi connectivity index (χ4n) is 2.98. The summed E-state index contributed by atoms with van der Waals surface area (Å²) in [5.74, 6) is 0. The van der Waals surface area contributed by atoms with Crippen LogP contribution in [0.25, 0.3) is 0 Å². The SMILES string of the molecule is c1ccc(CNC(NC2CCCCC2)n2ccnc2)cc1. The standard InChI is InChI=1S/C17H24N4/c1-3-7-15(8-4-1)13-19-17(21-12-11-18-14-21)20-16-9-5-2-6-10-16/h1,3-4,7-8,11-12,14,16-17,19-20H,2,5-6,9-10,13H2. The number of hydrogen-bond acceptors (Lipinski definition) is 3. The third kappa shape index (κ3) is 4.16. The van der Waals surface area contributed by atoms with Crippen molar-refractivity contribution in [3.63, 3.8) is 0 Å². The number of nitrogens with one attached hydrogen (secondary N) is 2. The highest BCUT2D eigenvalue weighted by Gasteiger charge is 2.18. The van der Waals surface area contributed by atoms with Crippen molar-refractivity contribution in [1.82, 2.24) is 20.2 Å². The van der Waals surface area contributed by atoms with E-state index in [0.717, 1.165) is 6.54 Å². The molecule has 0 aliphatic heterocycles. The van der Waals surface area contributed by atoms with E-state index in [4.69, 9.17) is 0 Å². The van der Waals surface area contributed by atoms with Gasteiger partial charge in [-0.15, -0.1) is 0 Å². The molecule has 1 heterocycles. The second-order valence-electron chi connectivity index (χ2n) is 5.78. The monoisotopic (exact) mass is 284 g/mol. The van der Waals surface area contributed by atoms with Crippen LogP contribution in [0.3, 0.4) is 0 Å². The van der Waals surface area contributed by atoms with Crippen LogP contribution in [0.2, 0.25) is 0 Å². The molecule has 2 aromatic rings. The highest BCUT2D eigenvalue weighted by atomic mass is 15.3. The van der Waals surface area contributed by atoms with Gasteiger partial charge in [0.1, 0.15) is 6.29 Å². The van der Waals surface area contributed by atoms with E-state index in [1.807, 2.05) is 18.7 Å². The lowest BCUT2D eigenvalue weighted by Crippen LogP contribution is -2.44. The Balaban J connectivity index is 1.62. The minimum Gasteiger partial charge on any atom is -0.308 e. The van der Waals surface area contributed by atoms with Gasteiger partial charge in [-0.1, -0.05) is 49.6 Å². The summed E-state index contributed by atoms with van der Waals surface area (Å²) in [7, 11) is 0. The summed E-state index contributed by atoms with van der Waals surface area (Å²) in [6, 6.07) is 11.1. The summed E-state index contributed by atoms with van der Waals surface area (Å²) >= 11 is 0. The molecule has 0 spiro atoms. The molecular weight excluding hydrogens is 260 g/mol. The number of imidazole rings is 1. The van der Waals surface area contributed by atoms with Crippen molar-refractivity contribution in [2.45, 2.75) is 51.0 Å². The van der Waals surface area contributed by atoms with E-state index in [2.05, 4.69) is 50.5 Å². The summed E-state index contributed by atoms with van der Waals surface area (Å²) in [6.45, 7) is 0.851. The van der Waals surface area contributed by atoms with Gasteiger partial charge in [-0.2, -0.15) is 0 Å². The predicted octanol–water partition coefficient (Wildman–Crippen LogP) is 3.05. The van der Waals surface area contributed by atoms with Gasteiger partial charge in [0.2, 0.25) is 0 Å². The maximum atomic E-state index is 4.17. The molecule has 1 fully saturated rings. The average Bonchev–Trinajstić information content (AvgIpc) is 3.08. The Morgan fingerprint density at radius 2 is 1.95 bits per heavy atom. The zero-order chi connectivity index (χ0) is 14.3. The van der Waals surface area contributed by atoms with Crippen molar-refractivity contribution in [2.75, 3.05) is 0 Å². The Bertz CT molecular complexity index is 503. The van der Waals surface area contributed by atoms with Crippen LogP contribution in [0.5, 0.6) is 0 Å². The Morgan fingerprint density at radius 3 is 2.67 bits per heavy atom. The van der Waals surface area contributed by atoms with Crippen LogP contribution in [-0.4, -0.2) is 15.6 Å². The number of aromatic nitrogens is 2. The molecule has 1 unspecified atom stereocenters. The zero-order valence-corrected chi connectivity index (χ0v) is 12.4. The number of hydrogen-bond donors (Lipinski definition) is 2. The van der Waals surface area contributed by atoms with Gasteiger partial charge in [-0.25, -0.2) is 4.98 Å². The van der Waals surface area contributed by atoms with Gasteiger partial charge in [0.15, 0.2) is 0 Å². The first-order chi connectivity index (χ1) is 10.4. The minimum atomic E-state index is 0.107. The van der Waals surface area contributed by atoms with Crippen LogP contribution in [0.4, 0.5) is 0 Å². The predicted molar refractivity (Wildman–Crippen MR) is 84.6 cm³/mol. The van der Waals surface area contributed by atoms with Gasteiger partial charge in [0, 0.05) is 25.0 Å². The van der Waals surface area contributed by atoms with Crippen molar-refractivity contribution in [1.29, 1.82) is 0 Å². The van der Waals surface area contributed by atoms with E-state index in [1.165, 1.54) is 37.7 Å². The summed E-state index contributed by atoms with van der Waals surface area (Å²) < 4.78 is 2.11. The third-order valence-corrected chi connectivity index (χ3v) is 4.16. The van der Waals surface area contributed by atoms with E-state index in [1.54, 1.807) is 0 Å². The Kier molecular flexibility index (Phi) is 5.03. The number of nitrogens with zero attached hydrogens (tertiary/aromatic N) is 2. The van der Waals surface area contributed by atoms with Crippen molar-refractivity contribution in [3.05, 3.63) is 54.6 Å². The normalized spacial score (nSPS) is 17.7. The molecule has 1 saturated carbocycles. The van der Waals surface area contributed by atoms with E-state index in [9.17, 15) is 0 Å². The first-order valence-electron chi connectivity index (χ1n) is 7.92. The molecule has 1 aromatic heterocycles. The molecule has 0 saturated heterocycles. The van der Waals surface area contributed by atoms with Gasteiger partial charge >= 0.3 is 0 Å². The Morgan fingerprint density at radius 1 is 1.14 bits per heavy atom. The first-order valence-corrected chi connectivity index (χ1v) is 7.92. The highest BCUT2D eigenvalue weighted by Crippen LogP contribution is 2.19. The van der Waals surface area contributed by atoms with E-state index < -0.39 is 0 Å². The lowest BCUT2D eigenvalue weighted by molar-refractivity contribution is 0.252. The lowest BCUT2D eigenvalue weighted by Gasteiger charge is -2.29. The molecule has 3 rings (SSSR count). The van der Waals surface area contributed by atoms with E-state index in [0.29, 0.717) is 6.04 Å². The lowest BCUT2D eigenvalue weighted by atomic mass is 9.95. The van der Waals surface area contributed by atoms with Crippen LogP contribution in [-0.2, 0) is 6.54 Å². The molecule has 2 N–H and O–H groups in total. The summed E-state index contributed by atoms with van der Waals surface area (Å²) in [6.07, 6.45) is 12.4. The quantitative estimate of drug-likeness (QED) is 0.801. The summed E-state index contributed by atoms with van der Waals surface area (Å²) in [5.41, 5.74) is 1.30. The second-order valence-corrected chi connectivity index (χ2v) is 5.78. The van der Waals surface area contributed by atoms with Gasteiger partial charge < -0.3 is 4.57 Å². The summed E-state index contributed by atoms with van der Waals surface area (Å²) in [5, 5.41) is 7.34. The molecule has 112 valence electrons. The fourth-order valence-corrected chi connectivity index (χ4v) is 2.98. The van der Waals surface area contributed by atoms with E-state index >= 15 is 0 Å². The van der Waals surface area contributed by atoms with Crippen LogP contribution in [0.1, 0.15) is 44.0 Å². The Hall–Kier alpha value is -1.65. The topological polar surface area (TPSA) is 41.9 Å². The summed E-state index contributed by atoms with van der Waals surface area (Å²) in [4.78, 5) is 4.17. The molecule has 1 atom stereocenters. The molecule has 4 heteroatoms. The van der Waals surface area contributed by atoms with Crippen molar-refractivity contribution < 1.29 is 0 Å². The maximum absolute atomic E-state index is 4.17. The molecule has 0 radical (unpaired) electrons. The van der Waals surface area contributed by atoms with Gasteiger partial charge in [-0.05, 0) is 18.4 Å². The van der Waals surface area contributed by atoms with Gasteiger partial charge in [0.25, 0.3) is 0 Å². The smallest absolute Gasteiger partial charge is 0.140 e. The molecule has 1 aliphatic carbocycles. The number of rotatable bonds is 6. The highest BCUT2D eigenvalue weighted by molar-refractivity contribution is 5.14. The molecule has 0 bridgehead atoms. The van der Waals surface area contributed by atoms with Gasteiger partial charge in [-0.3, -0.25) is 10.6 Å². The van der Waals surface area contributed by atoms with Crippen LogP contribution < -0.4 is 10.6 Å². The number of benzene rings is 1. The molecule has 0 amide bonds. The van der Waals surface area contributed by atoms with Crippen LogP contribution in [0.15, 0.2) is 49.1 Å². The van der Waals surface area contributed by atoms with Crippen LogP contribution >= 0.6 is 0 Å². The molecular formula is C17H24N4. The first kappa shape index (κ1) is 14.3. The minimum absolute atomic E-state index is 0.107. The Labute approximate surface area is 126 Å². The molecule has 1 aliphatic rings. The second kappa shape index (κ2) is 7.38. The molecule has 1 aromatic carbocycles. The van der Waals surface area contributed by atoms with Crippen molar-refractivity contribution >= 4 is 0 Å². The largest absolute Gasteiger partial charge is 0.308 e. The maximum Gasteiger partial charge on any atom is 0.140 e. The van der Waals surface area contributed by atoms with Gasteiger partial charge in [0.05, 0.1) is 6.33 Å². The average molecular weight is 284 g/mol. The zero-order valence-electron chi connectivity index (χ0n) is 12.4. The van der Waals surface area contributed by atoms with Crippen molar-refractivity contribution in [2.24, 2.45) is 0 Å². The van der Waals surface area contributed by atoms with Crippen molar-refractivity contribution in [3.8, 4) is 0 Å². The molecule has 4 nitrogen and oxygen atoms in total. The van der Waals surface area contributed by atoms with Crippen LogP contribution in [0, 0.1) is 0 Å². The van der Waals surface area contributed by atoms with E-state index in [-0.39, 0.29) is 6.29 Å².